The van der Waals surface area contributed by atoms with Crippen molar-refractivity contribution in [3.63, 3.8) is 0 Å². The van der Waals surface area contributed by atoms with Crippen molar-refractivity contribution in [3.05, 3.63) is 48.0 Å². The van der Waals surface area contributed by atoms with E-state index < -0.39 is 0 Å². The van der Waals surface area contributed by atoms with Gasteiger partial charge >= 0.3 is 0 Å². The second-order valence-electron chi connectivity index (χ2n) is 7.35. The average molecular weight is 375 g/mol. The van der Waals surface area contributed by atoms with E-state index in [0.29, 0.717) is 6.04 Å². The van der Waals surface area contributed by atoms with Crippen LogP contribution in [0.5, 0.6) is 0 Å². The van der Waals surface area contributed by atoms with Crippen LogP contribution >= 0.6 is 12.4 Å². The molecule has 1 aliphatic heterocycles. The molecule has 1 N–H and O–H groups in total. The molecule has 142 valence electrons. The summed E-state index contributed by atoms with van der Waals surface area (Å²) in [4.78, 5) is 12.9. The zero-order valence-corrected chi connectivity index (χ0v) is 16.5. The highest BCUT2D eigenvalue weighted by molar-refractivity contribution is 5.85. The number of hydrogen-bond acceptors (Lipinski definition) is 2. The van der Waals surface area contributed by atoms with Gasteiger partial charge < -0.3 is 5.32 Å². The summed E-state index contributed by atoms with van der Waals surface area (Å²) in [5.74, 6) is 0. The first-order valence-electron chi connectivity index (χ1n) is 9.66. The molecule has 4 heteroatoms. The molecule has 0 aromatic heterocycles. The van der Waals surface area contributed by atoms with Crippen LogP contribution in [0, 0.1) is 6.92 Å². The third-order valence-electron chi connectivity index (χ3n) is 5.62. The molecule has 4 rings (SSSR count). The zero-order chi connectivity index (χ0) is 17.5. The van der Waals surface area contributed by atoms with Crippen LogP contribution in [0.3, 0.4) is 0 Å². The van der Waals surface area contributed by atoms with Gasteiger partial charge in [-0.25, -0.2) is 0 Å². The Balaban J connectivity index is 0.000000184. The molecule has 3 nitrogen and oxygen atoms in total. The number of fused-ring (bicyclic) bond motifs is 1. The minimum atomic E-state index is 0. The Morgan fingerprint density at radius 3 is 2.46 bits per heavy atom. The summed E-state index contributed by atoms with van der Waals surface area (Å²) in [6.07, 6.45) is 8.92. The van der Waals surface area contributed by atoms with Crippen LogP contribution in [0.15, 0.2) is 42.5 Å². The number of rotatable bonds is 3. The fourth-order valence-electron chi connectivity index (χ4n) is 4.18. The van der Waals surface area contributed by atoms with Crippen LogP contribution in [-0.2, 0) is 4.79 Å². The Labute approximate surface area is 163 Å². The van der Waals surface area contributed by atoms with Crippen LogP contribution in [-0.4, -0.2) is 36.5 Å². The molecule has 1 saturated carbocycles. The normalized spacial score (nSPS) is 20.7. The maximum absolute atomic E-state index is 10.3. The Morgan fingerprint density at radius 1 is 1.00 bits per heavy atom. The van der Waals surface area contributed by atoms with Gasteiger partial charge in [-0.2, -0.15) is 0 Å². The van der Waals surface area contributed by atoms with E-state index in [4.69, 9.17) is 0 Å². The van der Waals surface area contributed by atoms with Gasteiger partial charge in [-0.3, -0.25) is 9.69 Å². The number of likely N-dealkylation sites (tertiary alicyclic amines) is 1. The van der Waals surface area contributed by atoms with Crippen molar-refractivity contribution in [1.82, 2.24) is 10.2 Å². The molecule has 0 spiro atoms. The lowest BCUT2D eigenvalue weighted by Crippen LogP contribution is -2.38. The van der Waals surface area contributed by atoms with E-state index in [-0.39, 0.29) is 12.4 Å². The first-order chi connectivity index (χ1) is 12.3. The molecular weight excluding hydrogens is 344 g/mol. The lowest BCUT2D eigenvalue weighted by molar-refractivity contribution is -0.110. The number of carbonyl (C=O) groups excluding carboxylic acids is 1. The first-order valence-corrected chi connectivity index (χ1v) is 9.66. The summed E-state index contributed by atoms with van der Waals surface area (Å²) in [5, 5.41) is 5.57. The van der Waals surface area contributed by atoms with E-state index in [1.165, 1.54) is 55.0 Å². The summed E-state index contributed by atoms with van der Waals surface area (Å²) in [6, 6.07) is 16.0. The van der Waals surface area contributed by atoms with Crippen molar-refractivity contribution < 1.29 is 4.79 Å². The van der Waals surface area contributed by atoms with Gasteiger partial charge in [0.05, 0.1) is 0 Å². The molecule has 0 bridgehead atoms. The van der Waals surface area contributed by atoms with E-state index in [1.807, 2.05) is 0 Å². The summed E-state index contributed by atoms with van der Waals surface area (Å²) in [6.45, 7) is 4.39. The predicted octanol–water partition coefficient (Wildman–Crippen LogP) is 4.71. The van der Waals surface area contributed by atoms with E-state index in [1.54, 1.807) is 0 Å². The summed E-state index contributed by atoms with van der Waals surface area (Å²) in [7, 11) is 0. The molecule has 1 saturated heterocycles. The predicted molar refractivity (Wildman–Crippen MR) is 112 cm³/mol. The van der Waals surface area contributed by atoms with E-state index >= 15 is 0 Å². The standard InChI is InChI=1S/C11H20N2O.C11H10.ClH/c14-9-12-10-6-7-13(8-10)11-4-2-1-3-5-11;1-9-5-4-7-10-6-2-3-8-11(9)10;/h9-11H,1-8H2,(H,12,14);2-8H,1H3;1H. The summed E-state index contributed by atoms with van der Waals surface area (Å²) < 4.78 is 0. The Kier molecular flexibility index (Phi) is 8.40. The van der Waals surface area contributed by atoms with Gasteiger partial charge in [-0.1, -0.05) is 61.7 Å². The molecule has 26 heavy (non-hydrogen) atoms. The van der Waals surface area contributed by atoms with Crippen LogP contribution in [0.2, 0.25) is 0 Å². The average Bonchev–Trinajstić information content (AvgIpc) is 3.13. The Bertz CT molecular complexity index is 679. The molecule has 2 aromatic carbocycles. The van der Waals surface area contributed by atoms with Crippen LogP contribution < -0.4 is 5.32 Å². The van der Waals surface area contributed by atoms with E-state index in [9.17, 15) is 4.79 Å². The number of benzene rings is 2. The number of amides is 1. The minimum Gasteiger partial charge on any atom is -0.355 e. The lowest BCUT2D eigenvalue weighted by atomic mass is 9.94. The lowest BCUT2D eigenvalue weighted by Gasteiger charge is -2.30. The van der Waals surface area contributed by atoms with Crippen molar-refractivity contribution >= 4 is 29.6 Å². The third-order valence-corrected chi connectivity index (χ3v) is 5.62. The monoisotopic (exact) mass is 374 g/mol. The number of nitrogens with one attached hydrogen (secondary N) is 1. The maximum atomic E-state index is 10.3. The van der Waals surface area contributed by atoms with Crippen LogP contribution in [0.1, 0.15) is 44.1 Å². The zero-order valence-electron chi connectivity index (χ0n) is 15.7. The third kappa shape index (κ3) is 5.46. The van der Waals surface area contributed by atoms with Crippen molar-refractivity contribution in [2.75, 3.05) is 13.1 Å². The molecule has 2 aromatic rings. The van der Waals surface area contributed by atoms with Gasteiger partial charge in [0.1, 0.15) is 0 Å². The molecule has 1 atom stereocenters. The fourth-order valence-corrected chi connectivity index (χ4v) is 4.18. The molecule has 1 aliphatic carbocycles. The molecule has 1 unspecified atom stereocenters. The van der Waals surface area contributed by atoms with Gasteiger partial charge in [-0.15, -0.1) is 12.4 Å². The van der Waals surface area contributed by atoms with Crippen molar-refractivity contribution in [3.8, 4) is 0 Å². The first kappa shape index (κ1) is 20.7. The highest BCUT2D eigenvalue weighted by Gasteiger charge is 2.28. The van der Waals surface area contributed by atoms with Crippen LogP contribution in [0.4, 0.5) is 0 Å². The molecule has 1 amide bonds. The molecule has 0 radical (unpaired) electrons. The van der Waals surface area contributed by atoms with E-state index in [0.717, 1.165) is 25.4 Å². The number of hydrogen-bond donors (Lipinski definition) is 1. The number of nitrogens with zero attached hydrogens (tertiary/aromatic N) is 1. The van der Waals surface area contributed by atoms with Crippen molar-refractivity contribution in [1.29, 1.82) is 0 Å². The van der Waals surface area contributed by atoms with Gasteiger partial charge in [0.25, 0.3) is 0 Å². The number of halogens is 1. The molecule has 2 aliphatic rings. The largest absolute Gasteiger partial charge is 0.355 e. The summed E-state index contributed by atoms with van der Waals surface area (Å²) in [5.41, 5.74) is 1.35. The number of carbonyl (C=O) groups is 1. The van der Waals surface area contributed by atoms with Gasteiger partial charge in [0.15, 0.2) is 0 Å². The quantitative estimate of drug-likeness (QED) is 0.789. The topological polar surface area (TPSA) is 32.3 Å². The molecule has 1 heterocycles. The second kappa shape index (κ2) is 10.5. The highest BCUT2D eigenvalue weighted by atomic mass is 35.5. The fraction of sp³-hybridized carbons (Fsp3) is 0.500. The molecule has 2 fully saturated rings. The van der Waals surface area contributed by atoms with Gasteiger partial charge in [0.2, 0.25) is 6.41 Å². The second-order valence-corrected chi connectivity index (χ2v) is 7.35. The Hall–Kier alpha value is -1.58. The van der Waals surface area contributed by atoms with E-state index in [2.05, 4.69) is 59.6 Å². The number of aryl methyl sites for hydroxylation is 1. The molecular formula is C22H31ClN2O. The van der Waals surface area contributed by atoms with Crippen molar-refractivity contribution in [2.45, 2.75) is 57.5 Å². The summed E-state index contributed by atoms with van der Waals surface area (Å²) >= 11 is 0. The minimum absolute atomic E-state index is 0. The van der Waals surface area contributed by atoms with Crippen LogP contribution in [0.25, 0.3) is 10.8 Å². The van der Waals surface area contributed by atoms with Gasteiger partial charge in [-0.05, 0) is 42.5 Å². The van der Waals surface area contributed by atoms with Crippen molar-refractivity contribution in [2.24, 2.45) is 0 Å². The van der Waals surface area contributed by atoms with Gasteiger partial charge in [0, 0.05) is 25.2 Å². The Morgan fingerprint density at radius 2 is 1.73 bits per heavy atom. The maximum Gasteiger partial charge on any atom is 0.207 e. The highest BCUT2D eigenvalue weighted by Crippen LogP contribution is 2.25. The SMILES string of the molecule is Cc1cccc2ccccc12.Cl.O=CNC1CCN(C2CCCCC2)C1. The smallest absolute Gasteiger partial charge is 0.207 e.